The molecule has 1 amide bonds. The van der Waals surface area contributed by atoms with Crippen LogP contribution in [0, 0.1) is 0 Å². The van der Waals surface area contributed by atoms with E-state index in [0.29, 0.717) is 11.6 Å². The lowest BCUT2D eigenvalue weighted by molar-refractivity contribution is -0.117. The number of nitrogens with one attached hydrogen (secondary N) is 1. The lowest BCUT2D eigenvalue weighted by Crippen LogP contribution is -2.35. The first-order valence-electron chi connectivity index (χ1n) is 6.56. The average molecular weight is 299 g/mol. The number of thiazole rings is 1. The van der Waals surface area contributed by atoms with Crippen LogP contribution in [0.4, 0.5) is 5.13 Å². The van der Waals surface area contributed by atoms with E-state index in [4.69, 9.17) is 10.5 Å². The largest absolute Gasteiger partial charge is 0.464 e. The van der Waals surface area contributed by atoms with Crippen LogP contribution >= 0.6 is 11.3 Å². The Morgan fingerprint density at radius 1 is 1.45 bits per heavy atom. The van der Waals surface area contributed by atoms with Crippen LogP contribution in [0.25, 0.3) is 0 Å². The van der Waals surface area contributed by atoms with Crippen molar-refractivity contribution in [2.24, 2.45) is 5.73 Å². The molecule has 0 saturated heterocycles. The van der Waals surface area contributed by atoms with Crippen LogP contribution in [-0.2, 0) is 9.53 Å². The van der Waals surface area contributed by atoms with E-state index in [0.717, 1.165) is 11.3 Å². The number of amides is 1. The van der Waals surface area contributed by atoms with Gasteiger partial charge in [-0.05, 0) is 12.3 Å². The first-order chi connectivity index (χ1) is 9.40. The molecule has 1 aromatic rings. The Hall–Kier alpha value is -1.47. The second kappa shape index (κ2) is 7.35. The lowest BCUT2D eigenvalue weighted by atomic mass is 10.1. The lowest BCUT2D eigenvalue weighted by Gasteiger charge is -2.08. The van der Waals surface area contributed by atoms with Gasteiger partial charge in [-0.3, -0.25) is 4.79 Å². The summed E-state index contributed by atoms with van der Waals surface area (Å²) in [5.41, 5.74) is 6.00. The van der Waals surface area contributed by atoms with Crippen LogP contribution in [-0.4, -0.2) is 30.0 Å². The second-order valence-electron chi connectivity index (χ2n) is 4.76. The molecule has 0 radical (unpaired) electrons. The van der Waals surface area contributed by atoms with E-state index in [1.165, 1.54) is 18.4 Å². The van der Waals surface area contributed by atoms with Crippen molar-refractivity contribution in [1.29, 1.82) is 0 Å². The predicted molar refractivity (Wildman–Crippen MR) is 79.1 cm³/mol. The van der Waals surface area contributed by atoms with Gasteiger partial charge < -0.3 is 15.8 Å². The van der Waals surface area contributed by atoms with Gasteiger partial charge in [-0.25, -0.2) is 9.78 Å². The van der Waals surface area contributed by atoms with Crippen LogP contribution in [0.2, 0.25) is 0 Å². The monoisotopic (exact) mass is 299 g/mol. The van der Waals surface area contributed by atoms with Gasteiger partial charge in [0.25, 0.3) is 0 Å². The molecule has 0 aliphatic carbocycles. The number of carbonyl (C=O) groups excluding carboxylic acids is 2. The molecular formula is C13H21N3O3S. The maximum absolute atomic E-state index is 11.8. The Morgan fingerprint density at radius 3 is 2.60 bits per heavy atom. The normalized spacial score (nSPS) is 12.3. The fourth-order valence-corrected chi connectivity index (χ4v) is 2.62. The number of carbonyl (C=O) groups is 2. The van der Waals surface area contributed by atoms with Crippen LogP contribution in [0.3, 0.4) is 0 Å². The van der Waals surface area contributed by atoms with Gasteiger partial charge in [-0.15, -0.1) is 11.3 Å². The summed E-state index contributed by atoms with van der Waals surface area (Å²) in [6.07, 6.45) is 1.44. The molecule has 1 heterocycles. The Labute approximate surface area is 122 Å². The summed E-state index contributed by atoms with van der Waals surface area (Å²) in [4.78, 5) is 28.4. The number of hydrogen-bond donors (Lipinski definition) is 2. The molecule has 0 unspecified atom stereocenters. The van der Waals surface area contributed by atoms with E-state index < -0.39 is 12.0 Å². The van der Waals surface area contributed by atoms with Gasteiger partial charge in [0.2, 0.25) is 5.91 Å². The minimum Gasteiger partial charge on any atom is -0.464 e. The number of nitrogens with zero attached hydrogens (tertiary/aromatic N) is 1. The molecule has 0 fully saturated rings. The SMILES string of the molecule is CCC[C@H](N)C(=O)Nc1nc(C(=O)OC)c(C(C)C)s1. The molecule has 0 saturated carbocycles. The maximum Gasteiger partial charge on any atom is 0.357 e. The van der Waals surface area contributed by atoms with Crippen molar-refractivity contribution in [3.8, 4) is 0 Å². The predicted octanol–water partition coefficient (Wildman–Crippen LogP) is 2.12. The van der Waals surface area contributed by atoms with E-state index in [1.807, 2.05) is 20.8 Å². The highest BCUT2D eigenvalue weighted by Gasteiger charge is 2.22. The maximum atomic E-state index is 11.8. The molecule has 0 aliphatic heterocycles. The number of anilines is 1. The zero-order valence-electron chi connectivity index (χ0n) is 12.2. The third-order valence-electron chi connectivity index (χ3n) is 2.72. The van der Waals surface area contributed by atoms with Crippen molar-refractivity contribution >= 4 is 28.3 Å². The minimum absolute atomic E-state index is 0.122. The van der Waals surface area contributed by atoms with Gasteiger partial charge in [0.15, 0.2) is 10.8 Å². The van der Waals surface area contributed by atoms with Crippen molar-refractivity contribution in [2.45, 2.75) is 45.6 Å². The molecule has 3 N–H and O–H groups in total. The second-order valence-corrected chi connectivity index (χ2v) is 5.79. The number of rotatable bonds is 6. The zero-order chi connectivity index (χ0) is 15.3. The standard InChI is InChI=1S/C13H21N3O3S/c1-5-6-8(14)11(17)16-13-15-9(12(18)19-4)10(20-13)7(2)3/h7-8H,5-6,14H2,1-4H3,(H,15,16,17)/t8-/m0/s1. The van der Waals surface area contributed by atoms with Gasteiger partial charge in [-0.1, -0.05) is 27.2 Å². The molecule has 0 aromatic carbocycles. The third kappa shape index (κ3) is 4.01. The highest BCUT2D eigenvalue weighted by Crippen LogP contribution is 2.30. The summed E-state index contributed by atoms with van der Waals surface area (Å²) in [7, 11) is 1.31. The van der Waals surface area contributed by atoms with E-state index in [2.05, 4.69) is 10.3 Å². The first kappa shape index (κ1) is 16.6. The van der Waals surface area contributed by atoms with Crippen molar-refractivity contribution in [3.05, 3.63) is 10.6 Å². The third-order valence-corrected chi connectivity index (χ3v) is 3.99. The molecule has 0 aliphatic rings. The van der Waals surface area contributed by atoms with Crippen LogP contribution in [0.1, 0.15) is 54.9 Å². The minimum atomic E-state index is -0.562. The molecule has 1 aromatic heterocycles. The summed E-state index contributed by atoms with van der Waals surface area (Å²) in [6.45, 7) is 5.87. The molecule has 7 heteroatoms. The molecule has 1 rings (SSSR count). The molecule has 112 valence electrons. The number of hydrogen-bond acceptors (Lipinski definition) is 6. The molecular weight excluding hydrogens is 278 g/mol. The van der Waals surface area contributed by atoms with Crippen molar-refractivity contribution in [1.82, 2.24) is 4.98 Å². The Balaban J connectivity index is 2.92. The van der Waals surface area contributed by atoms with Crippen molar-refractivity contribution in [3.63, 3.8) is 0 Å². The van der Waals surface area contributed by atoms with Crippen LogP contribution < -0.4 is 11.1 Å². The Kier molecular flexibility index (Phi) is 6.09. The highest BCUT2D eigenvalue weighted by molar-refractivity contribution is 7.16. The van der Waals surface area contributed by atoms with Crippen LogP contribution in [0.15, 0.2) is 0 Å². The summed E-state index contributed by atoms with van der Waals surface area (Å²) in [6, 6.07) is -0.562. The Morgan fingerprint density at radius 2 is 2.10 bits per heavy atom. The molecule has 0 bridgehead atoms. The average Bonchev–Trinajstić information content (AvgIpc) is 2.82. The van der Waals surface area contributed by atoms with Gasteiger partial charge in [0, 0.05) is 4.88 Å². The molecule has 6 nitrogen and oxygen atoms in total. The zero-order valence-corrected chi connectivity index (χ0v) is 13.0. The van der Waals surface area contributed by atoms with E-state index in [-0.39, 0.29) is 17.5 Å². The smallest absolute Gasteiger partial charge is 0.357 e. The van der Waals surface area contributed by atoms with Crippen molar-refractivity contribution in [2.75, 3.05) is 12.4 Å². The van der Waals surface area contributed by atoms with Crippen LogP contribution in [0.5, 0.6) is 0 Å². The topological polar surface area (TPSA) is 94.3 Å². The number of nitrogens with two attached hydrogens (primary N) is 1. The first-order valence-corrected chi connectivity index (χ1v) is 7.37. The molecule has 20 heavy (non-hydrogen) atoms. The van der Waals surface area contributed by atoms with Gasteiger partial charge in [-0.2, -0.15) is 0 Å². The summed E-state index contributed by atoms with van der Waals surface area (Å²) in [5.74, 6) is -0.660. The summed E-state index contributed by atoms with van der Waals surface area (Å²) in [5, 5.41) is 3.04. The number of esters is 1. The van der Waals surface area contributed by atoms with E-state index in [1.54, 1.807) is 0 Å². The Bertz CT molecular complexity index is 485. The van der Waals surface area contributed by atoms with Gasteiger partial charge in [0.1, 0.15) is 0 Å². The summed E-state index contributed by atoms with van der Waals surface area (Å²) < 4.78 is 4.70. The molecule has 1 atom stereocenters. The quantitative estimate of drug-likeness (QED) is 0.785. The van der Waals surface area contributed by atoms with E-state index in [9.17, 15) is 9.59 Å². The van der Waals surface area contributed by atoms with E-state index >= 15 is 0 Å². The highest BCUT2D eigenvalue weighted by atomic mass is 32.1. The number of methoxy groups -OCH3 is 1. The number of ether oxygens (including phenoxy) is 1. The van der Waals surface area contributed by atoms with Gasteiger partial charge in [0.05, 0.1) is 13.2 Å². The van der Waals surface area contributed by atoms with Crippen molar-refractivity contribution < 1.29 is 14.3 Å². The fraction of sp³-hybridized carbons (Fsp3) is 0.615. The number of aromatic nitrogens is 1. The molecule has 0 spiro atoms. The van der Waals surface area contributed by atoms with Gasteiger partial charge >= 0.3 is 5.97 Å². The summed E-state index contributed by atoms with van der Waals surface area (Å²) >= 11 is 1.28. The fourth-order valence-electron chi connectivity index (χ4n) is 1.66.